The highest BCUT2D eigenvalue weighted by Crippen LogP contribution is 2.26. The number of sulfonamides is 1. The van der Waals surface area contributed by atoms with Crippen LogP contribution in [0.15, 0.2) is 23.1 Å². The van der Waals surface area contributed by atoms with Gasteiger partial charge in [0.05, 0.1) is 10.9 Å². The number of carbonyl (C=O) groups excluding carboxylic acids is 1. The third kappa shape index (κ3) is 4.83. The molecule has 1 heterocycles. The first-order valence-corrected chi connectivity index (χ1v) is 10.9. The predicted octanol–water partition coefficient (Wildman–Crippen LogP) is 1.80. The fraction of sp³-hybridized carbons (Fsp3) is 0.632. The van der Waals surface area contributed by atoms with E-state index in [2.05, 4.69) is 0 Å². The Morgan fingerprint density at radius 2 is 1.74 bits per heavy atom. The van der Waals surface area contributed by atoms with E-state index in [1.54, 1.807) is 11.0 Å². The van der Waals surface area contributed by atoms with E-state index in [9.17, 15) is 13.2 Å². The summed E-state index contributed by atoms with van der Waals surface area (Å²) >= 11 is 0. The molecule has 1 amide bonds. The number of nitrogens with zero attached hydrogens (tertiary/aromatic N) is 2. The summed E-state index contributed by atoms with van der Waals surface area (Å²) in [5.41, 5.74) is 8.40. The molecule has 0 saturated carbocycles. The summed E-state index contributed by atoms with van der Waals surface area (Å²) in [7, 11) is -3.51. The summed E-state index contributed by atoms with van der Waals surface area (Å²) in [6.07, 6.45) is 3.73. The van der Waals surface area contributed by atoms with Crippen molar-refractivity contribution in [1.29, 1.82) is 0 Å². The van der Waals surface area contributed by atoms with Crippen LogP contribution in [-0.4, -0.2) is 55.8 Å². The number of hydrogen-bond donors (Lipinski definition) is 1. The first kappa shape index (κ1) is 22.1. The van der Waals surface area contributed by atoms with E-state index in [1.165, 1.54) is 9.87 Å². The molecule has 0 radical (unpaired) electrons. The molecule has 1 aliphatic carbocycles. The summed E-state index contributed by atoms with van der Waals surface area (Å²) in [6.45, 7) is 5.51. The largest absolute Gasteiger partial charge is 0.339 e. The van der Waals surface area contributed by atoms with Crippen LogP contribution in [0, 0.1) is 5.92 Å². The van der Waals surface area contributed by atoms with Gasteiger partial charge in [0, 0.05) is 26.2 Å². The maximum atomic E-state index is 12.9. The van der Waals surface area contributed by atoms with Gasteiger partial charge in [-0.2, -0.15) is 4.31 Å². The summed E-state index contributed by atoms with van der Waals surface area (Å²) in [5.74, 6) is 0.281. The first-order chi connectivity index (χ1) is 12.3. The fourth-order valence-corrected chi connectivity index (χ4v) is 5.32. The fourth-order valence-electron chi connectivity index (χ4n) is 3.85. The third-order valence-electron chi connectivity index (χ3n) is 5.30. The molecule has 152 valence electrons. The highest BCUT2D eigenvalue weighted by Gasteiger charge is 2.32. The Balaban J connectivity index is 0.00000261. The van der Waals surface area contributed by atoms with E-state index in [-0.39, 0.29) is 18.3 Å². The van der Waals surface area contributed by atoms with E-state index < -0.39 is 16.1 Å². The number of halogens is 1. The Bertz CT molecular complexity index is 774. The summed E-state index contributed by atoms with van der Waals surface area (Å²) in [5, 5.41) is 0. The Morgan fingerprint density at radius 3 is 2.37 bits per heavy atom. The van der Waals surface area contributed by atoms with Crippen LogP contribution in [0.3, 0.4) is 0 Å². The van der Waals surface area contributed by atoms with Gasteiger partial charge in [-0.3, -0.25) is 4.79 Å². The molecule has 1 aromatic rings. The van der Waals surface area contributed by atoms with Crippen molar-refractivity contribution in [3.63, 3.8) is 0 Å². The molecular weight excluding hydrogens is 386 g/mol. The van der Waals surface area contributed by atoms with E-state index >= 15 is 0 Å². The minimum Gasteiger partial charge on any atom is -0.339 e. The molecule has 0 spiro atoms. The Kier molecular flexibility index (Phi) is 7.30. The molecule has 1 fully saturated rings. The zero-order valence-electron chi connectivity index (χ0n) is 16.1. The molecule has 8 heteroatoms. The summed E-state index contributed by atoms with van der Waals surface area (Å²) in [4.78, 5) is 14.5. The molecule has 1 aromatic carbocycles. The van der Waals surface area contributed by atoms with Gasteiger partial charge in [0.1, 0.15) is 0 Å². The van der Waals surface area contributed by atoms with Gasteiger partial charge < -0.3 is 10.6 Å². The standard InChI is InChI=1S/C19H29N3O3S.ClH/c1-14(2)12-18(20)19(23)21-8-10-22(11-9-21)26(24,25)17-7-6-15-4-3-5-16(15)13-17;/h6-7,13-14,18H,3-5,8-12,20H2,1-2H3;1H/t18-;/m0./s1. The minimum atomic E-state index is -3.51. The molecular formula is C19H30ClN3O3S. The van der Waals surface area contributed by atoms with Crippen LogP contribution in [0.2, 0.25) is 0 Å². The van der Waals surface area contributed by atoms with Crippen LogP contribution < -0.4 is 5.73 Å². The number of nitrogens with two attached hydrogens (primary N) is 1. The molecule has 2 N–H and O–H groups in total. The van der Waals surface area contributed by atoms with E-state index in [0.717, 1.165) is 24.8 Å². The molecule has 3 rings (SSSR count). The number of benzene rings is 1. The zero-order valence-corrected chi connectivity index (χ0v) is 17.7. The lowest BCUT2D eigenvalue weighted by atomic mass is 10.0. The second kappa shape index (κ2) is 8.90. The number of rotatable bonds is 5. The van der Waals surface area contributed by atoms with Crippen molar-refractivity contribution in [3.8, 4) is 0 Å². The number of fused-ring (bicyclic) bond motifs is 1. The summed E-state index contributed by atoms with van der Waals surface area (Å²) in [6, 6.07) is 4.98. The molecule has 0 bridgehead atoms. The lowest BCUT2D eigenvalue weighted by Gasteiger charge is -2.35. The van der Waals surface area contributed by atoms with Crippen molar-refractivity contribution in [1.82, 2.24) is 9.21 Å². The molecule has 0 aromatic heterocycles. The van der Waals surface area contributed by atoms with E-state index in [4.69, 9.17) is 5.73 Å². The quantitative estimate of drug-likeness (QED) is 0.794. The minimum absolute atomic E-state index is 0. The maximum Gasteiger partial charge on any atom is 0.243 e. The van der Waals surface area contributed by atoms with E-state index in [1.807, 2.05) is 26.0 Å². The molecule has 0 unspecified atom stereocenters. The van der Waals surface area contributed by atoms with Crippen LogP contribution in [-0.2, 0) is 27.7 Å². The lowest BCUT2D eigenvalue weighted by Crippen LogP contribution is -2.54. The average Bonchev–Trinajstić information content (AvgIpc) is 3.08. The summed E-state index contributed by atoms with van der Waals surface area (Å²) < 4.78 is 27.4. The van der Waals surface area contributed by atoms with Crippen molar-refractivity contribution >= 4 is 28.3 Å². The second-order valence-electron chi connectivity index (χ2n) is 7.75. The maximum absolute atomic E-state index is 12.9. The van der Waals surface area contributed by atoms with Crippen molar-refractivity contribution in [3.05, 3.63) is 29.3 Å². The van der Waals surface area contributed by atoms with Crippen molar-refractivity contribution in [2.24, 2.45) is 11.7 Å². The number of hydrogen-bond acceptors (Lipinski definition) is 4. The normalized spacial score (nSPS) is 18.9. The highest BCUT2D eigenvalue weighted by molar-refractivity contribution is 7.89. The van der Waals surface area contributed by atoms with Gasteiger partial charge in [-0.05, 0) is 54.9 Å². The van der Waals surface area contributed by atoms with Crippen LogP contribution in [0.4, 0.5) is 0 Å². The average molecular weight is 416 g/mol. The van der Waals surface area contributed by atoms with Gasteiger partial charge in [-0.15, -0.1) is 12.4 Å². The SMILES string of the molecule is CC(C)C[C@H](N)C(=O)N1CCN(S(=O)(=O)c2ccc3c(c2)CCC3)CC1.Cl. The number of amides is 1. The molecule has 27 heavy (non-hydrogen) atoms. The van der Waals surface area contributed by atoms with Gasteiger partial charge in [-0.1, -0.05) is 19.9 Å². The van der Waals surface area contributed by atoms with Crippen molar-refractivity contribution < 1.29 is 13.2 Å². The van der Waals surface area contributed by atoms with Gasteiger partial charge >= 0.3 is 0 Å². The van der Waals surface area contributed by atoms with Crippen molar-refractivity contribution in [2.45, 2.75) is 50.5 Å². The Morgan fingerprint density at radius 1 is 1.11 bits per heavy atom. The smallest absolute Gasteiger partial charge is 0.243 e. The van der Waals surface area contributed by atoms with Gasteiger partial charge in [0.15, 0.2) is 0 Å². The molecule has 1 atom stereocenters. The highest BCUT2D eigenvalue weighted by atomic mass is 35.5. The number of aryl methyl sites for hydroxylation is 2. The van der Waals surface area contributed by atoms with Gasteiger partial charge in [0.25, 0.3) is 0 Å². The van der Waals surface area contributed by atoms with Crippen LogP contribution >= 0.6 is 12.4 Å². The second-order valence-corrected chi connectivity index (χ2v) is 9.69. The first-order valence-electron chi connectivity index (χ1n) is 9.45. The van der Waals surface area contributed by atoms with Crippen LogP contribution in [0.1, 0.15) is 37.8 Å². The molecule has 2 aliphatic rings. The van der Waals surface area contributed by atoms with E-state index in [0.29, 0.717) is 43.4 Å². The molecule has 1 saturated heterocycles. The van der Waals surface area contributed by atoms with Gasteiger partial charge in [-0.25, -0.2) is 8.42 Å². The molecule has 1 aliphatic heterocycles. The van der Waals surface area contributed by atoms with Crippen molar-refractivity contribution in [2.75, 3.05) is 26.2 Å². The Hall–Kier alpha value is -1.15. The third-order valence-corrected chi connectivity index (χ3v) is 7.20. The lowest BCUT2D eigenvalue weighted by molar-refractivity contribution is -0.134. The van der Waals surface area contributed by atoms with Crippen LogP contribution in [0.25, 0.3) is 0 Å². The molecule has 6 nitrogen and oxygen atoms in total. The number of carbonyl (C=O) groups is 1. The zero-order chi connectivity index (χ0) is 18.9. The predicted molar refractivity (Wildman–Crippen MR) is 108 cm³/mol. The Labute approximate surface area is 168 Å². The van der Waals surface area contributed by atoms with Crippen LogP contribution in [0.5, 0.6) is 0 Å². The topological polar surface area (TPSA) is 83.7 Å². The monoisotopic (exact) mass is 415 g/mol. The van der Waals surface area contributed by atoms with Gasteiger partial charge in [0.2, 0.25) is 15.9 Å². The number of piperazine rings is 1.